The van der Waals surface area contributed by atoms with E-state index in [1.807, 2.05) is 12.3 Å². The van der Waals surface area contributed by atoms with E-state index in [1.54, 1.807) is 6.20 Å². The summed E-state index contributed by atoms with van der Waals surface area (Å²) in [6, 6.07) is 4.07. The van der Waals surface area contributed by atoms with Crippen molar-refractivity contribution in [3.63, 3.8) is 0 Å². The van der Waals surface area contributed by atoms with E-state index in [1.165, 1.54) is 12.0 Å². The van der Waals surface area contributed by atoms with Crippen LogP contribution < -0.4 is 0 Å². The molecule has 2 nitrogen and oxygen atoms in total. The van der Waals surface area contributed by atoms with Crippen LogP contribution in [0, 0.1) is 0 Å². The first-order valence-corrected chi connectivity index (χ1v) is 3.93. The van der Waals surface area contributed by atoms with Crippen LogP contribution in [-0.2, 0) is 6.42 Å². The molecule has 0 aliphatic carbocycles. The van der Waals surface area contributed by atoms with Gasteiger partial charge in [-0.15, -0.1) is 0 Å². The van der Waals surface area contributed by atoms with E-state index < -0.39 is 0 Å². The molecule has 0 radical (unpaired) electrons. The minimum atomic E-state index is 0.907. The molecule has 2 heterocycles. The number of aromatic nitrogens is 1. The highest BCUT2D eigenvalue weighted by Gasteiger charge is 2.02. The van der Waals surface area contributed by atoms with Crippen LogP contribution in [0.3, 0.4) is 0 Å². The molecule has 56 valence electrons. The average molecular weight is 146 g/mol. The van der Waals surface area contributed by atoms with E-state index in [0.29, 0.717) is 0 Å². The lowest BCUT2D eigenvalue weighted by Crippen LogP contribution is -1.84. The Hall–Kier alpha value is -1.18. The largest absolute Gasteiger partial charge is 0.241 e. The van der Waals surface area contributed by atoms with Crippen molar-refractivity contribution in [2.75, 3.05) is 0 Å². The number of hydrogen-bond acceptors (Lipinski definition) is 2. The Kier molecular flexibility index (Phi) is 1.68. The molecule has 0 aromatic carbocycles. The van der Waals surface area contributed by atoms with Crippen LogP contribution in [0.15, 0.2) is 23.3 Å². The van der Waals surface area contributed by atoms with Crippen LogP contribution in [0.5, 0.6) is 0 Å². The number of aliphatic imine (C=N–C) groups is 1. The Morgan fingerprint density at radius 3 is 3.36 bits per heavy atom. The third kappa shape index (κ3) is 1.29. The van der Waals surface area contributed by atoms with Gasteiger partial charge < -0.3 is 0 Å². The van der Waals surface area contributed by atoms with Crippen LogP contribution in [0.25, 0.3) is 0 Å². The molecular formula is C9H10N2. The van der Waals surface area contributed by atoms with Crippen molar-refractivity contribution in [1.82, 2.24) is 4.98 Å². The summed E-state index contributed by atoms with van der Waals surface area (Å²) in [5.41, 5.74) is 1.28. The monoisotopic (exact) mass is 146 g/mol. The number of aryl methyl sites for hydroxylation is 1. The maximum atomic E-state index is 4.25. The molecule has 1 aromatic heterocycles. The van der Waals surface area contributed by atoms with Gasteiger partial charge in [-0.25, -0.2) is 9.98 Å². The summed E-state index contributed by atoms with van der Waals surface area (Å²) in [7, 11) is 0. The number of hydrogen-bond donors (Lipinski definition) is 0. The van der Waals surface area contributed by atoms with Crippen LogP contribution >= 0.6 is 0 Å². The summed E-state index contributed by atoms with van der Waals surface area (Å²) in [5.74, 6) is 0.907. The second-order valence-electron chi connectivity index (χ2n) is 2.69. The molecule has 0 spiro atoms. The molecule has 1 aliphatic rings. The third-order valence-electron chi connectivity index (χ3n) is 1.86. The molecule has 1 aliphatic heterocycles. The van der Waals surface area contributed by atoms with Gasteiger partial charge in [0.15, 0.2) is 5.82 Å². The SMILES string of the molecule is C1=Nc2ncccc2CCC1. The minimum absolute atomic E-state index is 0.907. The van der Waals surface area contributed by atoms with Gasteiger partial charge >= 0.3 is 0 Å². The summed E-state index contributed by atoms with van der Waals surface area (Å²) < 4.78 is 0. The lowest BCUT2D eigenvalue weighted by Gasteiger charge is -1.98. The maximum Gasteiger partial charge on any atom is 0.154 e. The molecule has 0 saturated carbocycles. The first-order valence-electron chi connectivity index (χ1n) is 3.93. The van der Waals surface area contributed by atoms with Gasteiger partial charge in [0.25, 0.3) is 0 Å². The molecule has 0 saturated heterocycles. The normalized spacial score (nSPS) is 15.6. The molecule has 0 atom stereocenters. The summed E-state index contributed by atoms with van der Waals surface area (Å²) in [6.07, 6.45) is 7.14. The minimum Gasteiger partial charge on any atom is -0.241 e. The van der Waals surface area contributed by atoms with Gasteiger partial charge in [-0.2, -0.15) is 0 Å². The number of nitrogens with zero attached hydrogens (tertiary/aromatic N) is 2. The molecule has 11 heavy (non-hydrogen) atoms. The lowest BCUT2D eigenvalue weighted by molar-refractivity contribution is 0.882. The number of rotatable bonds is 0. The highest BCUT2D eigenvalue weighted by Crippen LogP contribution is 2.19. The smallest absolute Gasteiger partial charge is 0.154 e. The van der Waals surface area contributed by atoms with Crippen LogP contribution in [0.1, 0.15) is 18.4 Å². The van der Waals surface area contributed by atoms with Crippen LogP contribution in [-0.4, -0.2) is 11.2 Å². The molecule has 2 heteroatoms. The van der Waals surface area contributed by atoms with E-state index in [2.05, 4.69) is 16.0 Å². The fraction of sp³-hybridized carbons (Fsp3) is 0.333. The molecule has 0 unspecified atom stereocenters. The fourth-order valence-corrected chi connectivity index (χ4v) is 1.28. The van der Waals surface area contributed by atoms with Gasteiger partial charge in [0.05, 0.1) is 0 Å². The maximum absolute atomic E-state index is 4.25. The van der Waals surface area contributed by atoms with E-state index in [9.17, 15) is 0 Å². The Morgan fingerprint density at radius 1 is 1.36 bits per heavy atom. The molecule has 0 fully saturated rings. The fourth-order valence-electron chi connectivity index (χ4n) is 1.28. The molecule has 2 rings (SSSR count). The summed E-state index contributed by atoms with van der Waals surface area (Å²) >= 11 is 0. The van der Waals surface area contributed by atoms with Crippen molar-refractivity contribution >= 4 is 12.0 Å². The summed E-state index contributed by atoms with van der Waals surface area (Å²) in [5, 5.41) is 0. The first kappa shape index (κ1) is 6.53. The van der Waals surface area contributed by atoms with Crippen LogP contribution in [0.4, 0.5) is 5.82 Å². The Bertz CT molecular complexity index is 279. The van der Waals surface area contributed by atoms with Gasteiger partial charge in [-0.1, -0.05) is 6.07 Å². The second kappa shape index (κ2) is 2.82. The zero-order valence-electron chi connectivity index (χ0n) is 6.33. The Labute approximate surface area is 66.0 Å². The number of fused-ring (bicyclic) bond motifs is 1. The van der Waals surface area contributed by atoms with E-state index >= 15 is 0 Å². The average Bonchev–Trinajstić information content (AvgIpc) is 2.28. The highest BCUT2D eigenvalue weighted by atomic mass is 14.9. The molecule has 1 aromatic rings. The standard InChI is InChI=1S/C9H10N2/c1-2-6-10-9-8(4-1)5-3-7-11-9/h3,5-7H,1-2,4H2. The second-order valence-corrected chi connectivity index (χ2v) is 2.69. The lowest BCUT2D eigenvalue weighted by atomic mass is 10.1. The van der Waals surface area contributed by atoms with Crippen LogP contribution in [0.2, 0.25) is 0 Å². The predicted octanol–water partition coefficient (Wildman–Crippen LogP) is 2.12. The van der Waals surface area contributed by atoms with Gasteiger partial charge in [-0.05, 0) is 30.9 Å². The zero-order valence-corrected chi connectivity index (χ0v) is 6.33. The quantitative estimate of drug-likeness (QED) is 0.550. The van der Waals surface area contributed by atoms with Gasteiger partial charge in [0.1, 0.15) is 0 Å². The third-order valence-corrected chi connectivity index (χ3v) is 1.86. The van der Waals surface area contributed by atoms with E-state index in [0.717, 1.165) is 18.7 Å². The molecule has 0 amide bonds. The van der Waals surface area contributed by atoms with Crippen molar-refractivity contribution in [3.8, 4) is 0 Å². The van der Waals surface area contributed by atoms with Crippen molar-refractivity contribution in [3.05, 3.63) is 23.9 Å². The zero-order chi connectivity index (χ0) is 7.52. The van der Waals surface area contributed by atoms with Gasteiger partial charge in [0.2, 0.25) is 0 Å². The topological polar surface area (TPSA) is 25.2 Å². The summed E-state index contributed by atoms with van der Waals surface area (Å²) in [4.78, 5) is 8.43. The Morgan fingerprint density at radius 2 is 2.36 bits per heavy atom. The van der Waals surface area contributed by atoms with Crippen molar-refractivity contribution in [2.24, 2.45) is 4.99 Å². The van der Waals surface area contributed by atoms with Crippen molar-refractivity contribution in [2.45, 2.75) is 19.3 Å². The van der Waals surface area contributed by atoms with E-state index in [4.69, 9.17) is 0 Å². The summed E-state index contributed by atoms with van der Waals surface area (Å²) in [6.45, 7) is 0. The predicted molar refractivity (Wildman–Crippen MR) is 45.3 cm³/mol. The first-order chi connectivity index (χ1) is 5.47. The van der Waals surface area contributed by atoms with E-state index in [-0.39, 0.29) is 0 Å². The molecular weight excluding hydrogens is 136 g/mol. The van der Waals surface area contributed by atoms with Gasteiger partial charge in [0, 0.05) is 12.4 Å². The van der Waals surface area contributed by atoms with Crippen molar-refractivity contribution in [1.29, 1.82) is 0 Å². The van der Waals surface area contributed by atoms with Crippen molar-refractivity contribution < 1.29 is 0 Å². The number of pyridine rings is 1. The van der Waals surface area contributed by atoms with Gasteiger partial charge in [-0.3, -0.25) is 0 Å². The highest BCUT2D eigenvalue weighted by molar-refractivity contribution is 5.64. The molecule has 0 N–H and O–H groups in total. The Balaban J connectivity index is 2.45. The molecule has 0 bridgehead atoms.